The largest absolute Gasteiger partial charge is 0.460 e. The zero-order valence-corrected chi connectivity index (χ0v) is 18.6. The molecule has 10 heteroatoms. The second-order valence-corrected chi connectivity index (χ2v) is 8.35. The van der Waals surface area contributed by atoms with Crippen molar-refractivity contribution in [1.82, 2.24) is 0 Å². The van der Waals surface area contributed by atoms with Crippen molar-refractivity contribution in [2.24, 2.45) is 5.73 Å². The molecule has 1 heterocycles. The monoisotopic (exact) mass is 460 g/mol. The molecule has 3 rings (SSSR count). The number of anilines is 1. The van der Waals surface area contributed by atoms with E-state index in [1.807, 2.05) is 30.3 Å². The van der Waals surface area contributed by atoms with Gasteiger partial charge in [-0.1, -0.05) is 30.3 Å². The summed E-state index contributed by atoms with van der Waals surface area (Å²) in [6.07, 6.45) is 1.31. The van der Waals surface area contributed by atoms with Crippen molar-refractivity contribution in [3.8, 4) is 0 Å². The van der Waals surface area contributed by atoms with Gasteiger partial charge in [0.25, 0.3) is 11.8 Å². The average Bonchev–Trinajstić information content (AvgIpc) is 3.52. The Balaban J connectivity index is 1.68. The summed E-state index contributed by atoms with van der Waals surface area (Å²) in [5.74, 6) is -2.58. The predicted molar refractivity (Wildman–Crippen MR) is 117 cm³/mol. The van der Waals surface area contributed by atoms with Gasteiger partial charge in [0.05, 0.1) is 22.5 Å². The molecule has 1 fully saturated rings. The highest BCUT2D eigenvalue weighted by atomic mass is 32.1. The first-order valence-electron chi connectivity index (χ1n) is 9.92. The molecule has 2 aromatic rings. The maximum atomic E-state index is 12.6. The van der Waals surface area contributed by atoms with Crippen molar-refractivity contribution in [2.75, 3.05) is 32.2 Å². The van der Waals surface area contributed by atoms with Crippen LogP contribution in [0.4, 0.5) is 5.00 Å². The lowest BCUT2D eigenvalue weighted by Crippen LogP contribution is -2.28. The Hall–Kier alpha value is -3.24. The first-order chi connectivity index (χ1) is 15.3. The number of carbonyl (C=O) groups is 4. The van der Waals surface area contributed by atoms with Gasteiger partial charge in [0.15, 0.2) is 6.61 Å². The van der Waals surface area contributed by atoms with Crippen molar-refractivity contribution in [3.05, 3.63) is 51.9 Å². The molecule has 1 aromatic carbocycles. The van der Waals surface area contributed by atoms with Crippen molar-refractivity contribution in [3.63, 3.8) is 0 Å². The molecule has 9 nitrogen and oxygen atoms in total. The number of hydrogen-bond acceptors (Lipinski definition) is 8. The fourth-order valence-electron chi connectivity index (χ4n) is 3.30. The van der Waals surface area contributed by atoms with E-state index in [0.29, 0.717) is 18.4 Å². The topological polar surface area (TPSA) is 134 Å². The molecular weight excluding hydrogens is 436 g/mol. The summed E-state index contributed by atoms with van der Waals surface area (Å²) in [7, 11) is 1.46. The van der Waals surface area contributed by atoms with E-state index in [9.17, 15) is 19.2 Å². The van der Waals surface area contributed by atoms with Crippen molar-refractivity contribution < 1.29 is 33.4 Å². The van der Waals surface area contributed by atoms with Gasteiger partial charge in [-0.3, -0.25) is 14.4 Å². The van der Waals surface area contributed by atoms with Gasteiger partial charge >= 0.3 is 11.9 Å². The van der Waals surface area contributed by atoms with Crippen LogP contribution in [0.15, 0.2) is 30.3 Å². The molecule has 2 amide bonds. The van der Waals surface area contributed by atoms with Crippen molar-refractivity contribution >= 4 is 40.1 Å². The second-order valence-electron chi connectivity index (χ2n) is 7.33. The highest BCUT2D eigenvalue weighted by Gasteiger charge is 2.52. The molecule has 1 saturated carbocycles. The number of amides is 2. The number of primary amides is 1. The molecule has 0 unspecified atom stereocenters. The van der Waals surface area contributed by atoms with Crippen LogP contribution in [-0.2, 0) is 29.2 Å². The van der Waals surface area contributed by atoms with Gasteiger partial charge < -0.3 is 25.3 Å². The molecule has 1 aromatic heterocycles. The fraction of sp³-hybridized carbons (Fsp3) is 0.364. The van der Waals surface area contributed by atoms with E-state index in [1.165, 1.54) is 14.0 Å². The first kappa shape index (κ1) is 23.4. The highest BCUT2D eigenvalue weighted by Crippen LogP contribution is 2.49. The molecule has 0 saturated heterocycles. The zero-order chi connectivity index (χ0) is 23.3. The van der Waals surface area contributed by atoms with E-state index in [0.717, 1.165) is 16.9 Å². The fourth-order valence-corrected chi connectivity index (χ4v) is 4.36. The minimum absolute atomic E-state index is 0.00307. The number of methoxy groups -OCH3 is 1. The molecule has 170 valence electrons. The number of rotatable bonds is 10. The number of carbonyl (C=O) groups excluding carboxylic acids is 4. The highest BCUT2D eigenvalue weighted by molar-refractivity contribution is 7.18. The number of nitrogens with one attached hydrogen (secondary N) is 1. The van der Waals surface area contributed by atoms with Crippen LogP contribution >= 0.6 is 11.3 Å². The Bertz CT molecular complexity index is 1030. The molecule has 32 heavy (non-hydrogen) atoms. The van der Waals surface area contributed by atoms with Gasteiger partial charge in [-0.15, -0.1) is 11.3 Å². The van der Waals surface area contributed by atoms with E-state index >= 15 is 0 Å². The molecule has 0 spiro atoms. The Morgan fingerprint density at radius 3 is 2.38 bits per heavy atom. The Kier molecular flexibility index (Phi) is 7.26. The van der Waals surface area contributed by atoms with Crippen LogP contribution in [0.2, 0.25) is 0 Å². The van der Waals surface area contributed by atoms with E-state index in [2.05, 4.69) is 5.32 Å². The number of hydrogen-bond donors (Lipinski definition) is 2. The van der Waals surface area contributed by atoms with Crippen molar-refractivity contribution in [1.29, 1.82) is 0 Å². The van der Waals surface area contributed by atoms with E-state index in [4.69, 9.17) is 19.9 Å². The van der Waals surface area contributed by atoms with Crippen LogP contribution in [0, 0.1) is 6.92 Å². The molecule has 3 N–H and O–H groups in total. The van der Waals surface area contributed by atoms with E-state index in [1.54, 1.807) is 0 Å². The molecule has 0 atom stereocenters. The summed E-state index contributed by atoms with van der Waals surface area (Å²) < 4.78 is 15.2. The van der Waals surface area contributed by atoms with Gasteiger partial charge in [0.1, 0.15) is 11.6 Å². The first-order valence-corrected chi connectivity index (χ1v) is 10.7. The molecular formula is C22H24N2O7S. The summed E-state index contributed by atoms with van der Waals surface area (Å²) >= 11 is 0.860. The number of nitrogens with two attached hydrogens (primary N) is 1. The zero-order valence-electron chi connectivity index (χ0n) is 17.8. The van der Waals surface area contributed by atoms with Gasteiger partial charge in [0.2, 0.25) is 0 Å². The normalized spacial score (nSPS) is 13.8. The Morgan fingerprint density at radius 2 is 1.78 bits per heavy atom. The van der Waals surface area contributed by atoms with Crippen molar-refractivity contribution in [2.45, 2.75) is 25.2 Å². The third kappa shape index (κ3) is 4.97. The summed E-state index contributed by atoms with van der Waals surface area (Å²) in [5.41, 5.74) is 5.85. The van der Waals surface area contributed by atoms with E-state index < -0.39 is 35.8 Å². The quantitative estimate of drug-likeness (QED) is 0.410. The number of thiophene rings is 1. The second kappa shape index (κ2) is 9.92. The Labute approximate surface area is 188 Å². The molecule has 1 aliphatic carbocycles. The van der Waals surface area contributed by atoms with Crippen LogP contribution in [0.3, 0.4) is 0 Å². The SMILES string of the molecule is COCCOC(=O)c1c(NC(=O)COC(=O)C2(c3ccccc3)CC2)sc(C(N)=O)c1C. The van der Waals surface area contributed by atoms with Gasteiger partial charge in [-0.2, -0.15) is 0 Å². The standard InChI is InChI=1S/C22H24N2O7S/c1-13-16(20(27)30-11-10-29-2)19(32-17(13)18(23)26)24-15(25)12-31-21(28)22(8-9-22)14-6-4-3-5-7-14/h3-7H,8-12H2,1-2H3,(H2,23,26)(H,24,25). The molecule has 0 radical (unpaired) electrons. The smallest absolute Gasteiger partial charge is 0.341 e. The summed E-state index contributed by atoms with van der Waals surface area (Å²) in [6.45, 7) is 1.20. The summed E-state index contributed by atoms with van der Waals surface area (Å²) in [5, 5.41) is 2.63. The Morgan fingerprint density at radius 1 is 1.09 bits per heavy atom. The molecule has 0 bridgehead atoms. The van der Waals surface area contributed by atoms with Crippen LogP contribution < -0.4 is 11.1 Å². The van der Waals surface area contributed by atoms with Gasteiger partial charge in [-0.05, 0) is 30.9 Å². The lowest BCUT2D eigenvalue weighted by molar-refractivity contribution is -0.150. The summed E-state index contributed by atoms with van der Waals surface area (Å²) in [4.78, 5) is 49.4. The molecule has 1 aliphatic rings. The minimum Gasteiger partial charge on any atom is -0.460 e. The predicted octanol–water partition coefficient (Wildman–Crippen LogP) is 2.17. The third-order valence-corrected chi connectivity index (χ3v) is 6.37. The van der Waals surface area contributed by atoms with Crippen LogP contribution in [0.5, 0.6) is 0 Å². The van der Waals surface area contributed by atoms with Crippen LogP contribution in [-0.4, -0.2) is 50.7 Å². The van der Waals surface area contributed by atoms with Gasteiger partial charge in [-0.25, -0.2) is 4.79 Å². The summed E-state index contributed by atoms with van der Waals surface area (Å²) in [6, 6.07) is 9.26. The average molecular weight is 461 g/mol. The van der Waals surface area contributed by atoms with Crippen LogP contribution in [0.1, 0.15) is 44.0 Å². The minimum atomic E-state index is -0.732. The number of esters is 2. The van der Waals surface area contributed by atoms with E-state index in [-0.39, 0.29) is 28.7 Å². The number of benzene rings is 1. The van der Waals surface area contributed by atoms with Gasteiger partial charge in [0, 0.05) is 7.11 Å². The molecule has 0 aliphatic heterocycles. The lowest BCUT2D eigenvalue weighted by atomic mass is 9.96. The third-order valence-electron chi connectivity index (χ3n) is 5.15. The maximum absolute atomic E-state index is 12.6. The van der Waals surface area contributed by atoms with Crippen LogP contribution in [0.25, 0.3) is 0 Å². The number of ether oxygens (including phenoxy) is 3. The maximum Gasteiger partial charge on any atom is 0.341 e. The lowest BCUT2D eigenvalue weighted by Gasteiger charge is -2.14.